The van der Waals surface area contributed by atoms with Crippen LogP contribution in [-0.4, -0.2) is 23.0 Å². The zero-order valence-corrected chi connectivity index (χ0v) is 13.7. The second kappa shape index (κ2) is 6.84. The molecule has 2 aromatic carbocycles. The quantitative estimate of drug-likeness (QED) is 0.703. The molecule has 0 spiro atoms. The number of carbonyl (C=O) groups excluding carboxylic acids is 1. The Morgan fingerprint density at radius 1 is 1.12 bits per heavy atom. The number of hydrogen-bond donors (Lipinski definition) is 0. The standard InChI is InChI=1S/C19H16F2N2O2/c1-12(13-7-9-14(20)10-8-13)23(2)19(24)17-11-18(25-22-17)15-5-3-4-6-16(15)21/h3-12H,1-2H3. The van der Waals surface area contributed by atoms with Crippen LogP contribution in [0.2, 0.25) is 0 Å². The monoisotopic (exact) mass is 342 g/mol. The largest absolute Gasteiger partial charge is 0.355 e. The first-order valence-corrected chi connectivity index (χ1v) is 7.71. The van der Waals surface area contributed by atoms with Crippen LogP contribution in [0.15, 0.2) is 59.1 Å². The van der Waals surface area contributed by atoms with Crippen molar-refractivity contribution in [1.82, 2.24) is 10.1 Å². The molecule has 25 heavy (non-hydrogen) atoms. The van der Waals surface area contributed by atoms with Crippen LogP contribution in [0.5, 0.6) is 0 Å². The van der Waals surface area contributed by atoms with Gasteiger partial charge in [-0.25, -0.2) is 8.78 Å². The molecule has 3 aromatic rings. The third kappa shape index (κ3) is 3.42. The molecule has 1 atom stereocenters. The average molecular weight is 342 g/mol. The van der Waals surface area contributed by atoms with Gasteiger partial charge in [0, 0.05) is 13.1 Å². The molecule has 0 bridgehead atoms. The Morgan fingerprint density at radius 2 is 1.80 bits per heavy atom. The third-order valence-electron chi connectivity index (χ3n) is 4.12. The van der Waals surface area contributed by atoms with Gasteiger partial charge in [-0.15, -0.1) is 0 Å². The minimum Gasteiger partial charge on any atom is -0.355 e. The lowest BCUT2D eigenvalue weighted by Crippen LogP contribution is -2.29. The minimum atomic E-state index is -0.453. The van der Waals surface area contributed by atoms with Gasteiger partial charge in [-0.1, -0.05) is 29.4 Å². The van der Waals surface area contributed by atoms with Crippen molar-refractivity contribution in [1.29, 1.82) is 0 Å². The number of rotatable bonds is 4. The molecule has 0 N–H and O–H groups in total. The van der Waals surface area contributed by atoms with Crippen LogP contribution >= 0.6 is 0 Å². The fraction of sp³-hybridized carbons (Fsp3) is 0.158. The summed E-state index contributed by atoms with van der Waals surface area (Å²) >= 11 is 0. The Kier molecular flexibility index (Phi) is 4.61. The van der Waals surface area contributed by atoms with Gasteiger partial charge in [-0.2, -0.15) is 0 Å². The van der Waals surface area contributed by atoms with Crippen LogP contribution < -0.4 is 0 Å². The molecular formula is C19H16F2N2O2. The summed E-state index contributed by atoms with van der Waals surface area (Å²) in [4.78, 5) is 14.1. The molecule has 4 nitrogen and oxygen atoms in total. The predicted octanol–water partition coefficient (Wildman–Crippen LogP) is 4.45. The lowest BCUT2D eigenvalue weighted by Gasteiger charge is -2.24. The Balaban J connectivity index is 1.81. The van der Waals surface area contributed by atoms with Gasteiger partial charge >= 0.3 is 0 Å². The molecule has 0 aliphatic rings. The fourth-order valence-electron chi connectivity index (χ4n) is 2.49. The summed E-state index contributed by atoms with van der Waals surface area (Å²) < 4.78 is 32.0. The molecule has 0 saturated heterocycles. The third-order valence-corrected chi connectivity index (χ3v) is 4.12. The SMILES string of the molecule is CC(c1ccc(F)cc1)N(C)C(=O)c1cc(-c2ccccc2F)on1. The number of hydrogen-bond acceptors (Lipinski definition) is 3. The number of benzene rings is 2. The van der Waals surface area contributed by atoms with Crippen LogP contribution in [-0.2, 0) is 0 Å². The zero-order chi connectivity index (χ0) is 18.0. The number of nitrogens with zero attached hydrogens (tertiary/aromatic N) is 2. The van der Waals surface area contributed by atoms with Gasteiger partial charge in [0.25, 0.3) is 5.91 Å². The molecular weight excluding hydrogens is 326 g/mol. The number of amides is 1. The van der Waals surface area contributed by atoms with Crippen molar-refractivity contribution >= 4 is 5.91 Å². The first kappa shape index (κ1) is 16.8. The van der Waals surface area contributed by atoms with Gasteiger partial charge in [0.15, 0.2) is 11.5 Å². The Bertz CT molecular complexity index is 890. The second-order valence-electron chi connectivity index (χ2n) is 5.70. The maximum Gasteiger partial charge on any atom is 0.276 e. The molecule has 0 aliphatic carbocycles. The average Bonchev–Trinajstić information content (AvgIpc) is 3.10. The Hall–Kier alpha value is -3.02. The first-order chi connectivity index (χ1) is 12.0. The summed E-state index contributed by atoms with van der Waals surface area (Å²) in [6, 6.07) is 13.2. The number of carbonyl (C=O) groups is 1. The van der Waals surface area contributed by atoms with E-state index in [0.717, 1.165) is 5.56 Å². The number of aromatic nitrogens is 1. The molecule has 6 heteroatoms. The maximum atomic E-state index is 13.8. The summed E-state index contributed by atoms with van der Waals surface area (Å²) in [6.07, 6.45) is 0. The predicted molar refractivity (Wildman–Crippen MR) is 88.8 cm³/mol. The smallest absolute Gasteiger partial charge is 0.276 e. The topological polar surface area (TPSA) is 46.3 Å². The van der Waals surface area contributed by atoms with Crippen LogP contribution in [0, 0.1) is 11.6 Å². The zero-order valence-electron chi connectivity index (χ0n) is 13.7. The Labute approximate surface area is 143 Å². The van der Waals surface area contributed by atoms with E-state index >= 15 is 0 Å². The lowest BCUT2D eigenvalue weighted by atomic mass is 10.1. The van der Waals surface area contributed by atoms with E-state index in [2.05, 4.69) is 5.16 Å². The summed E-state index contributed by atoms with van der Waals surface area (Å²) in [5.41, 5.74) is 1.10. The van der Waals surface area contributed by atoms with E-state index in [1.54, 1.807) is 37.4 Å². The van der Waals surface area contributed by atoms with Gasteiger partial charge in [-0.3, -0.25) is 4.79 Å². The van der Waals surface area contributed by atoms with Crippen molar-refractivity contribution in [2.75, 3.05) is 7.05 Å². The van der Waals surface area contributed by atoms with E-state index in [1.807, 2.05) is 6.92 Å². The van der Waals surface area contributed by atoms with Gasteiger partial charge in [0.05, 0.1) is 11.6 Å². The molecule has 0 saturated carbocycles. The van der Waals surface area contributed by atoms with Crippen molar-refractivity contribution in [2.45, 2.75) is 13.0 Å². The number of halogens is 2. The fourth-order valence-corrected chi connectivity index (χ4v) is 2.49. The minimum absolute atomic E-state index is 0.0784. The molecule has 1 unspecified atom stereocenters. The molecule has 0 aliphatic heterocycles. The van der Waals surface area contributed by atoms with Crippen molar-refractivity contribution < 1.29 is 18.1 Å². The van der Waals surface area contributed by atoms with Gasteiger partial charge in [0.1, 0.15) is 11.6 Å². The normalized spacial score (nSPS) is 12.0. The van der Waals surface area contributed by atoms with Crippen molar-refractivity contribution in [3.8, 4) is 11.3 Å². The van der Waals surface area contributed by atoms with Crippen molar-refractivity contribution in [3.05, 3.63) is 77.5 Å². The highest BCUT2D eigenvalue weighted by atomic mass is 19.1. The van der Waals surface area contributed by atoms with Crippen LogP contribution in [0.1, 0.15) is 29.0 Å². The highest BCUT2D eigenvalue weighted by molar-refractivity contribution is 5.93. The van der Waals surface area contributed by atoms with Gasteiger partial charge < -0.3 is 9.42 Å². The van der Waals surface area contributed by atoms with E-state index in [0.29, 0.717) is 0 Å². The highest BCUT2D eigenvalue weighted by Gasteiger charge is 2.23. The Morgan fingerprint density at radius 3 is 2.48 bits per heavy atom. The van der Waals surface area contributed by atoms with Gasteiger partial charge in [0.2, 0.25) is 0 Å². The molecule has 0 fully saturated rings. The van der Waals surface area contributed by atoms with Crippen LogP contribution in [0.3, 0.4) is 0 Å². The summed E-state index contributed by atoms with van der Waals surface area (Å²) in [5, 5.41) is 3.75. The van der Waals surface area contributed by atoms with E-state index in [1.165, 1.54) is 29.2 Å². The lowest BCUT2D eigenvalue weighted by molar-refractivity contribution is 0.0732. The summed E-state index contributed by atoms with van der Waals surface area (Å²) in [6.45, 7) is 1.82. The molecule has 3 rings (SSSR count). The maximum absolute atomic E-state index is 13.8. The summed E-state index contributed by atoms with van der Waals surface area (Å²) in [5.74, 6) is -0.978. The molecule has 1 aromatic heterocycles. The van der Waals surface area contributed by atoms with Crippen LogP contribution in [0.25, 0.3) is 11.3 Å². The second-order valence-corrected chi connectivity index (χ2v) is 5.70. The molecule has 0 radical (unpaired) electrons. The summed E-state index contributed by atoms with van der Waals surface area (Å²) in [7, 11) is 1.62. The van der Waals surface area contributed by atoms with E-state index in [9.17, 15) is 13.6 Å². The first-order valence-electron chi connectivity index (χ1n) is 7.71. The van der Waals surface area contributed by atoms with E-state index in [-0.39, 0.29) is 34.8 Å². The van der Waals surface area contributed by atoms with Crippen LogP contribution in [0.4, 0.5) is 8.78 Å². The van der Waals surface area contributed by atoms with E-state index < -0.39 is 5.82 Å². The van der Waals surface area contributed by atoms with Gasteiger partial charge in [-0.05, 0) is 36.8 Å². The highest BCUT2D eigenvalue weighted by Crippen LogP contribution is 2.25. The molecule has 128 valence electrons. The van der Waals surface area contributed by atoms with E-state index in [4.69, 9.17) is 4.52 Å². The van der Waals surface area contributed by atoms with Crippen molar-refractivity contribution in [2.24, 2.45) is 0 Å². The van der Waals surface area contributed by atoms with Crippen molar-refractivity contribution in [3.63, 3.8) is 0 Å². The molecule has 1 amide bonds. The molecule has 1 heterocycles.